The molecule has 0 spiro atoms. The van der Waals surface area contributed by atoms with Crippen molar-refractivity contribution in [1.82, 2.24) is 0 Å². The molecule has 0 aromatic heterocycles. The fourth-order valence-corrected chi connectivity index (χ4v) is 6.02. The Kier molecular flexibility index (Phi) is 38.9. The lowest BCUT2D eigenvalue weighted by Gasteiger charge is -2.34. The molecule has 0 radical (unpaired) electrons. The van der Waals surface area contributed by atoms with Gasteiger partial charge >= 0.3 is 11.9 Å². The van der Waals surface area contributed by atoms with Crippen LogP contribution in [0.4, 0.5) is 0 Å². The molecule has 60 heavy (non-hydrogen) atoms. The molecule has 0 aliphatic carbocycles. The molecule has 0 saturated carbocycles. The maximum atomic E-state index is 12.7. The van der Waals surface area contributed by atoms with Crippen molar-refractivity contribution in [2.24, 2.45) is 0 Å². The second kappa shape index (κ2) is 41.7. The number of nitrogens with zero attached hydrogens (tertiary/aromatic N) is 1. The highest BCUT2D eigenvalue weighted by Gasteiger charge is 2.25. The number of hydrogen-bond acceptors (Lipinski definition) is 7. The highest BCUT2D eigenvalue weighted by molar-refractivity contribution is 5.70. The van der Waals surface area contributed by atoms with Crippen LogP contribution in [0.2, 0.25) is 0 Å². The van der Waals surface area contributed by atoms with Crippen LogP contribution in [-0.4, -0.2) is 75.5 Å². The molecule has 8 heteroatoms. The topological polar surface area (TPSA) is 102 Å². The molecule has 0 bridgehead atoms. The molecule has 0 aromatic rings. The Morgan fingerprint density at radius 2 is 1.00 bits per heavy atom. The zero-order valence-corrected chi connectivity index (χ0v) is 38.3. The van der Waals surface area contributed by atoms with Crippen LogP contribution >= 0.6 is 0 Å². The smallest absolute Gasteiger partial charge is 0.306 e. The largest absolute Gasteiger partial charge is 0.544 e. The first-order valence-corrected chi connectivity index (χ1v) is 23.0. The average molecular weight is 834 g/mol. The number of rotatable bonds is 39. The number of carbonyl (C=O) groups is 3. The summed E-state index contributed by atoms with van der Waals surface area (Å²) >= 11 is 0. The van der Waals surface area contributed by atoms with Gasteiger partial charge in [-0.1, -0.05) is 175 Å². The number of aliphatic carboxylic acids is 1. The predicted octanol–water partition coefficient (Wildman–Crippen LogP) is 11.5. The first-order valence-electron chi connectivity index (χ1n) is 23.0. The van der Waals surface area contributed by atoms with Gasteiger partial charge in [0.2, 0.25) is 0 Å². The average Bonchev–Trinajstić information content (AvgIpc) is 3.21. The molecule has 2 unspecified atom stereocenters. The Labute approximate surface area is 366 Å². The van der Waals surface area contributed by atoms with Crippen molar-refractivity contribution in [2.75, 3.05) is 41.0 Å². The normalized spacial score (nSPS) is 13.9. The van der Waals surface area contributed by atoms with Crippen LogP contribution < -0.4 is 5.11 Å². The summed E-state index contributed by atoms with van der Waals surface area (Å²) in [6, 6.07) is -0.742. The van der Waals surface area contributed by atoms with Gasteiger partial charge in [0.1, 0.15) is 12.6 Å². The quantitative estimate of drug-likeness (QED) is 0.0200. The Morgan fingerprint density at radius 3 is 1.53 bits per heavy atom. The van der Waals surface area contributed by atoms with Gasteiger partial charge < -0.3 is 28.6 Å². The molecule has 0 heterocycles. The highest BCUT2D eigenvalue weighted by atomic mass is 16.6. The number of unbranched alkanes of at least 4 members (excludes halogenated alkanes) is 13. The van der Waals surface area contributed by atoms with Gasteiger partial charge in [0.15, 0.2) is 6.10 Å². The van der Waals surface area contributed by atoms with Crippen molar-refractivity contribution in [2.45, 2.75) is 161 Å². The summed E-state index contributed by atoms with van der Waals surface area (Å²) in [4.78, 5) is 36.9. The maximum absolute atomic E-state index is 12.7. The third kappa shape index (κ3) is 39.5. The van der Waals surface area contributed by atoms with E-state index in [-0.39, 0.29) is 49.1 Å². The zero-order valence-electron chi connectivity index (χ0n) is 38.3. The Balaban J connectivity index is 4.47. The fourth-order valence-electron chi connectivity index (χ4n) is 6.02. The van der Waals surface area contributed by atoms with Crippen molar-refractivity contribution in [3.8, 4) is 0 Å². The van der Waals surface area contributed by atoms with Gasteiger partial charge in [-0.05, 0) is 64.2 Å². The minimum absolute atomic E-state index is 0.0146. The summed E-state index contributed by atoms with van der Waals surface area (Å²) in [5, 5.41) is 11.6. The lowest BCUT2D eigenvalue weighted by Crippen LogP contribution is -2.55. The van der Waals surface area contributed by atoms with E-state index in [9.17, 15) is 19.5 Å². The van der Waals surface area contributed by atoms with Crippen LogP contribution in [0.3, 0.4) is 0 Å². The van der Waals surface area contributed by atoms with E-state index in [0.29, 0.717) is 12.8 Å². The molecule has 8 nitrogen and oxygen atoms in total. The van der Waals surface area contributed by atoms with E-state index in [4.69, 9.17) is 14.2 Å². The molecule has 0 rings (SSSR count). The molecule has 0 saturated heterocycles. The standard InChI is InChI=1S/C52H83NO7/c1-6-8-10-12-14-16-18-20-22-24-25-27-28-30-32-34-36-38-40-42-50(54)59-47-48(46-58-45-44-49(52(56)57)53(3,4)5)60-51(55)43-41-39-37-35-33-31-29-26-23-21-19-17-15-13-11-9-7-2/h8,10,12,14-18,20-25,27-28,30,32,48-49H,6-7,9,11,13,19,26,29,31,33-47H2,1-5H3/b10-8+,14-12+,17-15+,18-16+,22-20+,23-21+,25-24+,28-27+,32-30+. The van der Waals surface area contributed by atoms with Crippen molar-refractivity contribution in [3.05, 3.63) is 109 Å². The molecule has 2 atom stereocenters. The Bertz CT molecular complexity index is 1340. The van der Waals surface area contributed by atoms with E-state index < -0.39 is 18.1 Å². The van der Waals surface area contributed by atoms with Gasteiger partial charge in [-0.3, -0.25) is 9.59 Å². The number of carbonyl (C=O) groups excluding carboxylic acids is 3. The van der Waals surface area contributed by atoms with Crippen molar-refractivity contribution < 1.29 is 38.2 Å². The second-order valence-electron chi connectivity index (χ2n) is 16.1. The molecular formula is C52H83NO7. The van der Waals surface area contributed by atoms with E-state index >= 15 is 0 Å². The van der Waals surface area contributed by atoms with Crippen molar-refractivity contribution >= 4 is 17.9 Å². The zero-order chi connectivity index (χ0) is 44.2. The third-order valence-corrected chi connectivity index (χ3v) is 9.59. The summed E-state index contributed by atoms with van der Waals surface area (Å²) in [6.07, 6.45) is 56.8. The lowest BCUT2D eigenvalue weighted by molar-refractivity contribution is -0.889. The van der Waals surface area contributed by atoms with Crippen LogP contribution in [0.15, 0.2) is 109 Å². The number of allylic oxidation sites excluding steroid dienone is 18. The Morgan fingerprint density at radius 1 is 0.533 bits per heavy atom. The summed E-state index contributed by atoms with van der Waals surface area (Å²) < 4.78 is 17.1. The number of carboxylic acids is 1. The fraction of sp³-hybridized carbons (Fsp3) is 0.596. The Hall–Kier alpha value is -4.01. The maximum Gasteiger partial charge on any atom is 0.306 e. The van der Waals surface area contributed by atoms with Crippen LogP contribution in [0, 0.1) is 0 Å². The molecular weight excluding hydrogens is 751 g/mol. The number of likely N-dealkylation sites (N-methyl/N-ethyl adjacent to an activating group) is 1. The molecule has 0 aliphatic rings. The van der Waals surface area contributed by atoms with Crippen LogP contribution in [0.5, 0.6) is 0 Å². The predicted molar refractivity (Wildman–Crippen MR) is 249 cm³/mol. The summed E-state index contributed by atoms with van der Waals surface area (Å²) in [6.45, 7) is 4.41. The van der Waals surface area contributed by atoms with Crippen molar-refractivity contribution in [3.63, 3.8) is 0 Å². The number of hydrogen-bond donors (Lipinski definition) is 0. The van der Waals surface area contributed by atoms with Gasteiger partial charge in [0.05, 0.1) is 40.3 Å². The van der Waals surface area contributed by atoms with Gasteiger partial charge in [-0.15, -0.1) is 0 Å². The van der Waals surface area contributed by atoms with E-state index in [1.54, 1.807) is 21.1 Å². The molecule has 0 fully saturated rings. The SMILES string of the molecule is CC/C=C/C=C/C=C/C=C/C=C/C=C/C=C/CCCCCC(=O)OCC(COCCC(C(=O)[O-])[N+](C)(C)C)OC(=O)CCCCCCCCC/C=C/C/C=C/CCCCC. The number of esters is 2. The molecule has 338 valence electrons. The van der Waals surface area contributed by atoms with Gasteiger partial charge in [-0.25, -0.2) is 0 Å². The van der Waals surface area contributed by atoms with Crippen LogP contribution in [-0.2, 0) is 28.6 Å². The molecule has 0 aliphatic heterocycles. The number of quaternary nitrogens is 1. The van der Waals surface area contributed by atoms with Gasteiger partial charge in [0.25, 0.3) is 0 Å². The lowest BCUT2D eigenvalue weighted by atomic mass is 10.1. The minimum atomic E-state index is -1.14. The number of ether oxygens (including phenoxy) is 3. The van der Waals surface area contributed by atoms with Gasteiger partial charge in [0, 0.05) is 19.3 Å². The van der Waals surface area contributed by atoms with Crippen LogP contribution in [0.1, 0.15) is 149 Å². The minimum Gasteiger partial charge on any atom is -0.544 e. The second-order valence-corrected chi connectivity index (χ2v) is 16.1. The highest BCUT2D eigenvalue weighted by Crippen LogP contribution is 2.13. The summed E-state index contributed by atoms with van der Waals surface area (Å²) in [7, 11) is 5.38. The van der Waals surface area contributed by atoms with E-state index in [0.717, 1.165) is 64.2 Å². The summed E-state index contributed by atoms with van der Waals surface area (Å²) in [5.41, 5.74) is 0. The van der Waals surface area contributed by atoms with Gasteiger partial charge in [-0.2, -0.15) is 0 Å². The van der Waals surface area contributed by atoms with E-state index in [2.05, 4.69) is 50.3 Å². The van der Waals surface area contributed by atoms with Crippen molar-refractivity contribution in [1.29, 1.82) is 0 Å². The molecule has 0 N–H and O–H groups in total. The first-order chi connectivity index (χ1) is 29.1. The first kappa shape index (κ1) is 56.0. The number of carboxylic acid groups (broad SMARTS) is 1. The third-order valence-electron chi connectivity index (χ3n) is 9.59. The monoisotopic (exact) mass is 834 g/mol. The van der Waals surface area contributed by atoms with E-state index in [1.807, 2.05) is 72.9 Å². The van der Waals surface area contributed by atoms with E-state index in [1.165, 1.54) is 44.9 Å². The summed E-state index contributed by atoms with van der Waals surface area (Å²) in [5.74, 6) is -1.82. The molecule has 0 aromatic carbocycles. The molecule has 0 amide bonds. The van der Waals surface area contributed by atoms with Crippen LogP contribution in [0.25, 0.3) is 0 Å².